The van der Waals surface area contributed by atoms with Gasteiger partial charge in [0.1, 0.15) is 0 Å². The van der Waals surface area contributed by atoms with Crippen LogP contribution in [0.25, 0.3) is 0 Å². The summed E-state index contributed by atoms with van der Waals surface area (Å²) in [6, 6.07) is 0. The topological polar surface area (TPSA) is 54.4 Å². The van der Waals surface area contributed by atoms with Crippen molar-refractivity contribution in [2.45, 2.75) is 0 Å². The fraction of sp³-hybridized carbons (Fsp3) is 0. The zero-order chi connectivity index (χ0) is 4.50. The van der Waals surface area contributed by atoms with Crippen molar-refractivity contribution >= 4 is 8.54 Å². The van der Waals surface area contributed by atoms with Gasteiger partial charge in [0, 0.05) is 38.1 Å². The fourth-order valence-corrected chi connectivity index (χ4v) is 0. The second-order valence-corrected chi connectivity index (χ2v) is 2.91. The molecule has 3 nitrogen and oxygen atoms in total. The van der Waals surface area contributed by atoms with Gasteiger partial charge < -0.3 is 0 Å². The zero-order valence-corrected chi connectivity index (χ0v) is 7.60. The van der Waals surface area contributed by atoms with Crippen LogP contribution in [0.5, 0.6) is 0 Å². The van der Waals surface area contributed by atoms with E-state index in [-0.39, 0.29) is 38.1 Å². The summed E-state index contributed by atoms with van der Waals surface area (Å²) in [4.78, 5) is 0. The Kier molecular flexibility index (Phi) is 13.1. The molecular weight excluding hydrogens is 295 g/mol. The van der Waals surface area contributed by atoms with Gasteiger partial charge in [-0.2, -0.15) is 0 Å². The molecule has 0 unspecified atom stereocenters. The predicted molar refractivity (Wildman–Crippen MR) is 11.5 cm³/mol. The average Bonchev–Trinajstić information content (AvgIpc) is 0.722. The largest absolute Gasteiger partial charge is 0 e. The Labute approximate surface area is 74.0 Å². The Morgan fingerprint density at radius 3 is 1.43 bits per heavy atom. The van der Waals surface area contributed by atoms with Crippen molar-refractivity contribution in [3.63, 3.8) is 0 Å². The molecule has 0 aromatic rings. The monoisotopic (exact) mass is 298 g/mol. The molecule has 0 bridgehead atoms. The molecule has 0 fully saturated rings. The summed E-state index contributed by atoms with van der Waals surface area (Å²) in [5.41, 5.74) is 0. The van der Waals surface area contributed by atoms with Crippen LogP contribution in [0, 0.1) is 0 Å². The summed E-state index contributed by atoms with van der Waals surface area (Å²) in [6.45, 7) is 0. The van der Waals surface area contributed by atoms with E-state index in [1.807, 2.05) is 0 Å². The maximum Gasteiger partial charge on any atom is 0 e. The van der Waals surface area contributed by atoms with Crippen LogP contribution in [0.2, 0.25) is 0 Å². The molecule has 7 heavy (non-hydrogen) atoms. The van der Waals surface area contributed by atoms with Gasteiger partial charge in [0.25, 0.3) is 0 Å². The fourth-order valence-electron chi connectivity index (χ4n) is 0. The van der Waals surface area contributed by atoms with E-state index in [1.54, 1.807) is 0 Å². The molecule has 0 saturated heterocycles. The van der Waals surface area contributed by atoms with Crippen LogP contribution >= 0.6 is 0 Å². The maximum atomic E-state index is 9.08. The molecule has 0 saturated carbocycles. The smallest absolute Gasteiger partial charge is 0 e. The summed E-state index contributed by atoms with van der Waals surface area (Å²) in [5, 5.41) is 0. The van der Waals surface area contributed by atoms with Crippen LogP contribution in [-0.4, -0.2) is 13.0 Å². The van der Waals surface area contributed by atoms with Crippen LogP contribution in [0.4, 0.5) is 0 Å². The van der Waals surface area contributed by atoms with Crippen molar-refractivity contribution in [1.29, 1.82) is 0 Å². The minimum Gasteiger partial charge on any atom is 0 e. The van der Waals surface area contributed by atoms with Gasteiger partial charge in [0.05, 0.1) is 0 Å². The van der Waals surface area contributed by atoms with Crippen molar-refractivity contribution in [3.05, 3.63) is 0 Å². The normalized spacial score (nSPS) is 8.29. The van der Waals surface area contributed by atoms with Crippen LogP contribution in [-0.2, 0) is 61.6 Å². The van der Waals surface area contributed by atoms with E-state index in [0.29, 0.717) is 0 Å². The quantitative estimate of drug-likeness (QED) is 0.476. The molecular formula is HCuFeMoO3S. The predicted octanol–water partition coefficient (Wildman–Crippen LogP) is -0.669. The zero-order valence-electron chi connectivity index (χ0n) is 2.74. The summed E-state index contributed by atoms with van der Waals surface area (Å²) in [5.74, 6) is 0. The molecule has 0 heterocycles. The summed E-state index contributed by atoms with van der Waals surface area (Å²) in [6.07, 6.45) is 0. The third-order valence-corrected chi connectivity index (χ3v) is 0. The van der Waals surface area contributed by atoms with Crippen LogP contribution in [0.3, 0.4) is 0 Å². The average molecular weight is 296 g/mol. The Bertz CT molecular complexity index is 98.1. The van der Waals surface area contributed by atoms with Crippen molar-refractivity contribution < 1.29 is 66.0 Å². The molecule has 0 rings (SSSR count). The molecule has 0 atom stereocenters. The number of rotatable bonds is 0. The van der Waals surface area contributed by atoms with Crippen LogP contribution < -0.4 is 0 Å². The van der Waals surface area contributed by atoms with Crippen molar-refractivity contribution in [3.8, 4) is 0 Å². The second-order valence-electron chi connectivity index (χ2n) is 0.400. The van der Waals surface area contributed by atoms with E-state index in [9.17, 15) is 0 Å². The second kappa shape index (κ2) is 5.77. The third kappa shape index (κ3) is 90.5. The van der Waals surface area contributed by atoms with E-state index >= 15 is 0 Å². The van der Waals surface area contributed by atoms with E-state index in [4.69, 9.17) is 13.0 Å². The van der Waals surface area contributed by atoms with Gasteiger partial charge in [-0.25, -0.2) is 0 Å². The Balaban J connectivity index is -0.0000000800. The molecule has 0 spiro atoms. The minimum absolute atomic E-state index is 0. The Morgan fingerprint density at radius 1 is 1.43 bits per heavy atom. The van der Waals surface area contributed by atoms with Gasteiger partial charge in [-0.05, 0) is 0 Å². The van der Waals surface area contributed by atoms with E-state index in [0.717, 1.165) is 0 Å². The Morgan fingerprint density at radius 2 is 1.43 bits per heavy atom. The van der Waals surface area contributed by atoms with Crippen LogP contribution in [0.1, 0.15) is 0 Å². The first-order chi connectivity index (χ1) is 2.00. The van der Waals surface area contributed by atoms with Crippen molar-refractivity contribution in [1.82, 2.24) is 0 Å². The first kappa shape index (κ1) is 15.9. The summed E-state index contributed by atoms with van der Waals surface area (Å²) in [7, 11) is -3.92. The molecule has 0 aliphatic carbocycles. The molecule has 1 N–H and O–H groups in total. The maximum absolute atomic E-state index is 9.08. The minimum atomic E-state index is -3.92. The molecule has 0 aliphatic heterocycles. The SMILES string of the molecule is O=[S](=O)(O)[Fe].[Cu].[Mo]. The van der Waals surface area contributed by atoms with Gasteiger partial charge >= 0.3 is 36.4 Å². The molecule has 0 aromatic heterocycles. The van der Waals surface area contributed by atoms with E-state index in [2.05, 4.69) is 14.9 Å². The molecule has 0 aliphatic rings. The van der Waals surface area contributed by atoms with Gasteiger partial charge in [-0.1, -0.05) is 0 Å². The van der Waals surface area contributed by atoms with Crippen LogP contribution in [0.15, 0.2) is 0 Å². The number of hydrogen-bond donors (Lipinski definition) is 1. The van der Waals surface area contributed by atoms with Gasteiger partial charge in [-0.3, -0.25) is 0 Å². The Hall–Kier alpha value is 1.64. The molecule has 0 aromatic carbocycles. The van der Waals surface area contributed by atoms with E-state index < -0.39 is 8.54 Å². The van der Waals surface area contributed by atoms with E-state index in [1.165, 1.54) is 0 Å². The first-order valence-corrected chi connectivity index (χ1v) is 3.33. The summed E-state index contributed by atoms with van der Waals surface area (Å²) >= 11 is 2.30. The number of hydrogen-bond acceptors (Lipinski definition) is 2. The van der Waals surface area contributed by atoms with Crippen molar-refractivity contribution in [2.75, 3.05) is 0 Å². The standard InChI is InChI=1S/Cu.Fe.Mo.HO3S/c;;;1-4(2)3/h;;;(H,1,2,3). The molecule has 7 heteroatoms. The molecule has 1 radical (unpaired) electrons. The van der Waals surface area contributed by atoms with Gasteiger partial charge in [0.15, 0.2) is 0 Å². The first-order valence-electron chi connectivity index (χ1n) is 0.660. The van der Waals surface area contributed by atoms with Gasteiger partial charge in [0.2, 0.25) is 0 Å². The molecule has 50 valence electrons. The van der Waals surface area contributed by atoms with Gasteiger partial charge in [-0.15, -0.1) is 0 Å². The summed E-state index contributed by atoms with van der Waals surface area (Å²) < 4.78 is 25.5. The third-order valence-electron chi connectivity index (χ3n) is 0. The molecule has 0 amide bonds. The van der Waals surface area contributed by atoms with Crippen molar-refractivity contribution in [2.24, 2.45) is 0 Å².